The molecule has 0 bridgehead atoms. The van der Waals surface area contributed by atoms with Crippen LogP contribution in [0, 0.1) is 0 Å². The molecule has 0 radical (unpaired) electrons. The maximum Gasteiger partial charge on any atom is 0.223 e. The van der Waals surface area contributed by atoms with Crippen LogP contribution in [0.4, 0.5) is 0 Å². The summed E-state index contributed by atoms with van der Waals surface area (Å²) in [4.78, 5) is 13.8. The Morgan fingerprint density at radius 2 is 2.00 bits per heavy atom. The number of nitrogens with zero attached hydrogens (tertiary/aromatic N) is 1. The fraction of sp³-hybridized carbons (Fsp3) is 0.562. The molecule has 0 saturated carbocycles. The van der Waals surface area contributed by atoms with Gasteiger partial charge in [-0.15, -0.1) is 0 Å². The molecule has 1 rings (SSSR count). The molecule has 112 valence electrons. The highest BCUT2D eigenvalue weighted by atomic mass is 79.9. The lowest BCUT2D eigenvalue weighted by molar-refractivity contribution is -0.130. The van der Waals surface area contributed by atoms with Crippen molar-refractivity contribution in [2.24, 2.45) is 0 Å². The van der Waals surface area contributed by atoms with Crippen LogP contribution < -0.4 is 5.32 Å². The lowest BCUT2D eigenvalue weighted by Crippen LogP contribution is -2.33. The van der Waals surface area contributed by atoms with Gasteiger partial charge in [0.2, 0.25) is 5.91 Å². The zero-order valence-electron chi connectivity index (χ0n) is 12.7. The lowest BCUT2D eigenvalue weighted by Gasteiger charge is -2.21. The predicted molar refractivity (Wildman–Crippen MR) is 87.7 cm³/mol. The number of benzene rings is 1. The second kappa shape index (κ2) is 9.14. The molecule has 20 heavy (non-hydrogen) atoms. The van der Waals surface area contributed by atoms with Gasteiger partial charge in [-0.05, 0) is 38.0 Å². The van der Waals surface area contributed by atoms with Gasteiger partial charge in [0.05, 0.1) is 0 Å². The summed E-state index contributed by atoms with van der Waals surface area (Å²) in [7, 11) is 0. The molecule has 1 atom stereocenters. The fourth-order valence-corrected chi connectivity index (χ4v) is 2.73. The normalized spacial score (nSPS) is 12.2. The minimum Gasteiger partial charge on any atom is -0.343 e. The van der Waals surface area contributed by atoms with Crippen molar-refractivity contribution in [1.82, 2.24) is 10.2 Å². The summed E-state index contributed by atoms with van der Waals surface area (Å²) in [5.74, 6) is 0.228. The Kier molecular flexibility index (Phi) is 7.85. The lowest BCUT2D eigenvalue weighted by atomic mass is 10.0. The Bertz CT molecular complexity index is 419. The predicted octanol–water partition coefficient (Wildman–Crippen LogP) is 3.75. The molecule has 0 heterocycles. The molecule has 3 nitrogen and oxygen atoms in total. The van der Waals surface area contributed by atoms with Gasteiger partial charge in [0.15, 0.2) is 0 Å². The molecular weight excluding hydrogens is 316 g/mol. The quantitative estimate of drug-likeness (QED) is 0.781. The molecule has 0 aliphatic carbocycles. The van der Waals surface area contributed by atoms with Crippen LogP contribution in [-0.2, 0) is 4.79 Å². The maximum atomic E-state index is 11.9. The van der Waals surface area contributed by atoms with Gasteiger partial charge < -0.3 is 10.2 Å². The van der Waals surface area contributed by atoms with Crippen molar-refractivity contribution in [1.29, 1.82) is 0 Å². The van der Waals surface area contributed by atoms with Crippen LogP contribution >= 0.6 is 15.9 Å². The largest absolute Gasteiger partial charge is 0.343 e. The summed E-state index contributed by atoms with van der Waals surface area (Å²) in [6.45, 7) is 8.50. The van der Waals surface area contributed by atoms with Gasteiger partial charge in [-0.1, -0.05) is 35.0 Å². The third-order valence-electron chi connectivity index (χ3n) is 3.51. The van der Waals surface area contributed by atoms with Crippen LogP contribution in [0.5, 0.6) is 0 Å². The summed E-state index contributed by atoms with van der Waals surface area (Å²) >= 11 is 3.50. The number of nitrogens with one attached hydrogen (secondary N) is 1. The van der Waals surface area contributed by atoms with Gasteiger partial charge in [0.25, 0.3) is 0 Å². The molecule has 0 aromatic heterocycles. The SMILES string of the molecule is CCC(NCCC(=O)N(CC)CC)c1cccc(Br)c1. The minimum atomic E-state index is 0.228. The van der Waals surface area contributed by atoms with Gasteiger partial charge in [-0.3, -0.25) is 4.79 Å². The van der Waals surface area contributed by atoms with E-state index in [0.29, 0.717) is 12.5 Å². The van der Waals surface area contributed by atoms with Crippen molar-refractivity contribution in [3.8, 4) is 0 Å². The third kappa shape index (κ3) is 5.25. The first-order valence-electron chi connectivity index (χ1n) is 7.38. The monoisotopic (exact) mass is 340 g/mol. The molecule has 1 aromatic carbocycles. The zero-order chi connectivity index (χ0) is 15.0. The molecule has 1 N–H and O–H groups in total. The van der Waals surface area contributed by atoms with Gasteiger partial charge in [-0.25, -0.2) is 0 Å². The molecule has 4 heteroatoms. The van der Waals surface area contributed by atoms with E-state index in [1.165, 1.54) is 5.56 Å². The summed E-state index contributed by atoms with van der Waals surface area (Å²) < 4.78 is 1.09. The minimum absolute atomic E-state index is 0.228. The number of hydrogen-bond donors (Lipinski definition) is 1. The Labute approximate surface area is 130 Å². The summed E-state index contributed by atoms with van der Waals surface area (Å²) in [5.41, 5.74) is 1.26. The van der Waals surface area contributed by atoms with Crippen molar-refractivity contribution < 1.29 is 4.79 Å². The number of rotatable bonds is 8. The van der Waals surface area contributed by atoms with E-state index in [9.17, 15) is 4.79 Å². The number of hydrogen-bond acceptors (Lipinski definition) is 2. The van der Waals surface area contributed by atoms with E-state index in [1.807, 2.05) is 30.9 Å². The topological polar surface area (TPSA) is 32.3 Å². The smallest absolute Gasteiger partial charge is 0.223 e. The van der Waals surface area contributed by atoms with E-state index in [-0.39, 0.29) is 5.91 Å². The number of amides is 1. The standard InChI is InChI=1S/C16H25BrN2O/c1-4-15(13-8-7-9-14(17)12-13)18-11-10-16(20)19(5-2)6-3/h7-9,12,15,18H,4-6,10-11H2,1-3H3. The first-order valence-corrected chi connectivity index (χ1v) is 8.18. The number of halogens is 1. The maximum absolute atomic E-state index is 11.9. The van der Waals surface area contributed by atoms with Crippen LogP contribution in [0.1, 0.15) is 45.2 Å². The van der Waals surface area contributed by atoms with Gasteiger partial charge in [0, 0.05) is 36.6 Å². The molecule has 0 spiro atoms. The van der Waals surface area contributed by atoms with Crippen LogP contribution in [-0.4, -0.2) is 30.4 Å². The van der Waals surface area contributed by atoms with Crippen LogP contribution in [0.3, 0.4) is 0 Å². The molecule has 0 saturated heterocycles. The summed E-state index contributed by atoms with van der Waals surface area (Å²) in [6, 6.07) is 8.63. The van der Waals surface area contributed by atoms with Crippen molar-refractivity contribution >= 4 is 21.8 Å². The third-order valence-corrected chi connectivity index (χ3v) is 4.00. The Balaban J connectivity index is 2.48. The molecule has 0 aliphatic rings. The van der Waals surface area contributed by atoms with E-state index in [0.717, 1.165) is 30.5 Å². The van der Waals surface area contributed by atoms with Gasteiger partial charge in [0.1, 0.15) is 0 Å². The average Bonchev–Trinajstić information content (AvgIpc) is 2.45. The van der Waals surface area contributed by atoms with E-state index < -0.39 is 0 Å². The summed E-state index contributed by atoms with van der Waals surface area (Å²) in [6.07, 6.45) is 1.57. The number of carbonyl (C=O) groups is 1. The highest BCUT2D eigenvalue weighted by Gasteiger charge is 2.12. The van der Waals surface area contributed by atoms with Crippen molar-refractivity contribution in [3.63, 3.8) is 0 Å². The molecule has 1 amide bonds. The summed E-state index contributed by atoms with van der Waals surface area (Å²) in [5, 5.41) is 3.48. The Hall–Kier alpha value is -0.870. The fourth-order valence-electron chi connectivity index (χ4n) is 2.31. The molecule has 1 unspecified atom stereocenters. The van der Waals surface area contributed by atoms with Crippen molar-refractivity contribution in [2.75, 3.05) is 19.6 Å². The molecule has 1 aromatic rings. The first-order chi connectivity index (χ1) is 9.62. The molecular formula is C16H25BrN2O. The zero-order valence-corrected chi connectivity index (χ0v) is 14.2. The second-order valence-corrected chi connectivity index (χ2v) is 5.70. The second-order valence-electron chi connectivity index (χ2n) is 4.79. The Morgan fingerprint density at radius 3 is 2.55 bits per heavy atom. The van der Waals surface area contributed by atoms with Gasteiger partial charge >= 0.3 is 0 Å². The highest BCUT2D eigenvalue weighted by Crippen LogP contribution is 2.20. The molecule has 0 fully saturated rings. The van der Waals surface area contributed by atoms with Crippen LogP contribution in [0.25, 0.3) is 0 Å². The van der Waals surface area contributed by atoms with Gasteiger partial charge in [-0.2, -0.15) is 0 Å². The van der Waals surface area contributed by atoms with Crippen LogP contribution in [0.15, 0.2) is 28.7 Å². The average molecular weight is 341 g/mol. The first kappa shape index (κ1) is 17.2. The molecule has 0 aliphatic heterocycles. The van der Waals surface area contributed by atoms with E-state index in [1.54, 1.807) is 0 Å². The van der Waals surface area contributed by atoms with E-state index in [4.69, 9.17) is 0 Å². The van der Waals surface area contributed by atoms with Crippen LogP contribution in [0.2, 0.25) is 0 Å². The van der Waals surface area contributed by atoms with Crippen molar-refractivity contribution in [2.45, 2.75) is 39.7 Å². The highest BCUT2D eigenvalue weighted by molar-refractivity contribution is 9.10. The van der Waals surface area contributed by atoms with Crippen molar-refractivity contribution in [3.05, 3.63) is 34.3 Å². The van der Waals surface area contributed by atoms with E-state index in [2.05, 4.69) is 40.3 Å². The number of carbonyl (C=O) groups excluding carboxylic acids is 1. The Morgan fingerprint density at radius 1 is 1.30 bits per heavy atom. The van der Waals surface area contributed by atoms with E-state index >= 15 is 0 Å².